The molecule has 0 spiro atoms. The van der Waals surface area contributed by atoms with Gasteiger partial charge in [0.15, 0.2) is 5.78 Å². The van der Waals surface area contributed by atoms with Crippen LogP contribution in [0.5, 0.6) is 17.2 Å². The number of rotatable bonds is 7. The second kappa shape index (κ2) is 9.05. The van der Waals surface area contributed by atoms with E-state index in [1.807, 2.05) is 43.3 Å². The van der Waals surface area contributed by atoms with Crippen LogP contribution >= 0.6 is 0 Å². The molecule has 7 nitrogen and oxygen atoms in total. The van der Waals surface area contributed by atoms with E-state index in [1.165, 1.54) is 0 Å². The monoisotopic (exact) mass is 464 g/mol. The zero-order chi connectivity index (χ0) is 23.8. The molecule has 0 amide bonds. The highest BCUT2D eigenvalue weighted by Crippen LogP contribution is 2.62. The van der Waals surface area contributed by atoms with E-state index in [4.69, 9.17) is 24.1 Å². The molecule has 1 fully saturated rings. The molecule has 1 saturated carbocycles. The van der Waals surface area contributed by atoms with Gasteiger partial charge in [-0.2, -0.15) is 0 Å². The molecule has 3 atom stereocenters. The summed E-state index contributed by atoms with van der Waals surface area (Å²) in [4.78, 5) is 25.2. The average Bonchev–Trinajstić information content (AvgIpc) is 3.56. The smallest absolute Gasteiger partial charge is 0.497 e. The Kier molecular flexibility index (Phi) is 5.94. The molecule has 2 aromatic carbocycles. The average molecular weight is 465 g/mol. The number of ether oxygens (including phenoxy) is 4. The van der Waals surface area contributed by atoms with Gasteiger partial charge in [0.2, 0.25) is 0 Å². The second-order valence-electron chi connectivity index (χ2n) is 8.93. The number of Topliss-reactive ketones (excluding diaryl/α,β-unsaturated/α-hetero) is 1. The predicted molar refractivity (Wildman–Crippen MR) is 125 cm³/mol. The van der Waals surface area contributed by atoms with Crippen molar-refractivity contribution in [2.45, 2.75) is 32.1 Å². The van der Waals surface area contributed by atoms with Gasteiger partial charge in [0.1, 0.15) is 17.2 Å². The molecule has 0 radical (unpaired) electrons. The maximum atomic E-state index is 14.1. The van der Waals surface area contributed by atoms with Crippen LogP contribution < -0.4 is 14.2 Å². The van der Waals surface area contributed by atoms with Crippen LogP contribution in [0.15, 0.2) is 36.4 Å². The second-order valence-corrected chi connectivity index (χ2v) is 8.93. The van der Waals surface area contributed by atoms with Crippen molar-refractivity contribution in [2.24, 2.45) is 11.8 Å². The highest BCUT2D eigenvalue weighted by atomic mass is 16.7. The van der Waals surface area contributed by atoms with Gasteiger partial charge in [-0.15, -0.1) is 0 Å². The van der Waals surface area contributed by atoms with Gasteiger partial charge in [0, 0.05) is 23.0 Å². The van der Waals surface area contributed by atoms with Gasteiger partial charge in [0.25, 0.3) is 0 Å². The maximum Gasteiger partial charge on any atom is 0.505 e. The lowest BCUT2D eigenvalue weighted by Gasteiger charge is -2.25. The molecule has 0 aromatic heterocycles. The normalized spacial score (nSPS) is 22.2. The van der Waals surface area contributed by atoms with E-state index >= 15 is 0 Å². The van der Waals surface area contributed by atoms with Gasteiger partial charge < -0.3 is 24.1 Å². The Balaban J connectivity index is 1.67. The lowest BCUT2D eigenvalue weighted by molar-refractivity contribution is 0.0860. The Bertz CT molecular complexity index is 1150. The van der Waals surface area contributed by atoms with Crippen molar-refractivity contribution >= 4 is 17.5 Å². The summed E-state index contributed by atoms with van der Waals surface area (Å²) in [5.41, 5.74) is 3.72. The third kappa shape index (κ3) is 3.89. The summed E-state index contributed by atoms with van der Waals surface area (Å²) in [5, 5.41) is 9.08. The molecule has 1 N–H and O–H groups in total. The molecule has 1 heterocycles. The van der Waals surface area contributed by atoms with Crippen molar-refractivity contribution < 1.29 is 33.6 Å². The predicted octanol–water partition coefficient (Wildman–Crippen LogP) is 5.11. The summed E-state index contributed by atoms with van der Waals surface area (Å²) in [5.74, 6) is 1.78. The van der Waals surface area contributed by atoms with Crippen molar-refractivity contribution in [1.29, 1.82) is 0 Å². The molecule has 2 aromatic rings. The molecule has 3 aliphatic rings. The lowest BCUT2D eigenvalue weighted by atomic mass is 9.88. The third-order valence-electron chi connectivity index (χ3n) is 6.85. The minimum atomic E-state index is -1.30. The fraction of sp³-hybridized carbons (Fsp3) is 0.407. The number of ketones is 1. The first-order chi connectivity index (χ1) is 16.5. The minimum absolute atomic E-state index is 0.0349. The van der Waals surface area contributed by atoms with Crippen LogP contribution in [0.4, 0.5) is 4.79 Å². The Hall–Kier alpha value is -3.48. The van der Waals surface area contributed by atoms with Crippen LogP contribution in [0.1, 0.15) is 52.7 Å². The Labute approximate surface area is 198 Å². The number of hydrogen-bond donors (Lipinski definition) is 1. The van der Waals surface area contributed by atoms with Gasteiger partial charge in [-0.1, -0.05) is 25.1 Å². The number of aryl methyl sites for hydroxylation is 1. The lowest BCUT2D eigenvalue weighted by Crippen LogP contribution is -2.17. The van der Waals surface area contributed by atoms with E-state index in [0.29, 0.717) is 41.6 Å². The summed E-state index contributed by atoms with van der Waals surface area (Å²) in [7, 11) is 1.60. The highest BCUT2D eigenvalue weighted by molar-refractivity contribution is 6.31. The summed E-state index contributed by atoms with van der Waals surface area (Å²) in [6, 6.07) is 9.42. The van der Waals surface area contributed by atoms with Crippen molar-refractivity contribution in [3.05, 3.63) is 58.7 Å². The summed E-state index contributed by atoms with van der Waals surface area (Å²) >= 11 is 0. The molecule has 7 heteroatoms. The van der Waals surface area contributed by atoms with Gasteiger partial charge in [-0.25, -0.2) is 4.79 Å². The van der Waals surface area contributed by atoms with E-state index in [0.717, 1.165) is 36.0 Å². The number of hydrogen-bond acceptors (Lipinski definition) is 6. The van der Waals surface area contributed by atoms with E-state index in [-0.39, 0.29) is 30.1 Å². The third-order valence-corrected chi connectivity index (χ3v) is 6.85. The number of benzene rings is 2. The molecule has 0 saturated heterocycles. The van der Waals surface area contributed by atoms with Crippen LogP contribution in [-0.2, 0) is 11.2 Å². The van der Waals surface area contributed by atoms with Gasteiger partial charge >= 0.3 is 6.16 Å². The SMILES string of the molecule is CCCOc1cc2c(c3c1C1C(C=C(c4ccc(OC)cc4)C3=O)C1COC(=O)O)OCCC2. The van der Waals surface area contributed by atoms with E-state index < -0.39 is 6.16 Å². The standard InChI is InChI=1S/C27H28O7/c1-3-10-32-21-12-16-5-4-11-33-26(16)24-23(21)22-19(20(22)14-34-27(29)30)13-18(25(24)28)15-6-8-17(31-2)9-7-15/h6-9,12-13,19-20,22H,3-5,10-11,14H2,1-2H3,(H,29,30). The van der Waals surface area contributed by atoms with Crippen LogP contribution in [0.25, 0.3) is 5.57 Å². The number of carboxylic acid groups (broad SMARTS) is 1. The number of methoxy groups -OCH3 is 1. The zero-order valence-corrected chi connectivity index (χ0v) is 19.3. The summed E-state index contributed by atoms with van der Waals surface area (Å²) in [6.07, 6.45) is 3.22. The molecule has 34 heavy (non-hydrogen) atoms. The summed E-state index contributed by atoms with van der Waals surface area (Å²) in [6.45, 7) is 3.20. The van der Waals surface area contributed by atoms with Crippen molar-refractivity contribution in [3.63, 3.8) is 0 Å². The fourth-order valence-electron chi connectivity index (χ4n) is 5.20. The number of carbonyl (C=O) groups is 2. The van der Waals surface area contributed by atoms with Gasteiger partial charge in [0.05, 0.1) is 32.5 Å². The van der Waals surface area contributed by atoms with Crippen molar-refractivity contribution in [3.8, 4) is 17.2 Å². The highest BCUT2D eigenvalue weighted by Gasteiger charge is 2.55. The molecule has 178 valence electrons. The largest absolute Gasteiger partial charge is 0.505 e. The maximum absolute atomic E-state index is 14.1. The number of fused-ring (bicyclic) bond motifs is 5. The van der Waals surface area contributed by atoms with Crippen LogP contribution in [-0.4, -0.2) is 44.0 Å². The topological polar surface area (TPSA) is 91.3 Å². The van der Waals surface area contributed by atoms with Crippen LogP contribution in [0, 0.1) is 11.8 Å². The molecular weight excluding hydrogens is 436 g/mol. The Morgan fingerprint density at radius 3 is 2.74 bits per heavy atom. The van der Waals surface area contributed by atoms with Gasteiger partial charge in [-0.05, 0) is 54.5 Å². The Morgan fingerprint density at radius 1 is 1.24 bits per heavy atom. The fourth-order valence-corrected chi connectivity index (χ4v) is 5.20. The molecule has 0 bridgehead atoms. The van der Waals surface area contributed by atoms with Crippen molar-refractivity contribution in [2.75, 3.05) is 26.9 Å². The molecule has 5 rings (SSSR count). The first kappa shape index (κ1) is 22.3. The first-order valence-electron chi connectivity index (χ1n) is 11.8. The molecule has 2 aliphatic carbocycles. The minimum Gasteiger partial charge on any atom is -0.497 e. The number of allylic oxidation sites excluding steroid dienone is 2. The van der Waals surface area contributed by atoms with E-state index in [9.17, 15) is 9.59 Å². The van der Waals surface area contributed by atoms with Gasteiger partial charge in [-0.3, -0.25) is 4.79 Å². The Morgan fingerprint density at radius 2 is 2.03 bits per heavy atom. The van der Waals surface area contributed by atoms with E-state index in [1.54, 1.807) is 7.11 Å². The summed E-state index contributed by atoms with van der Waals surface area (Å²) < 4.78 is 22.5. The molecule has 1 aliphatic heterocycles. The van der Waals surface area contributed by atoms with Crippen LogP contribution in [0.2, 0.25) is 0 Å². The van der Waals surface area contributed by atoms with E-state index in [2.05, 4.69) is 0 Å². The van der Waals surface area contributed by atoms with Crippen molar-refractivity contribution in [1.82, 2.24) is 0 Å². The first-order valence-corrected chi connectivity index (χ1v) is 11.8. The molecular formula is C27H28O7. The quantitative estimate of drug-likeness (QED) is 0.569. The zero-order valence-electron chi connectivity index (χ0n) is 19.3. The number of carbonyl (C=O) groups excluding carboxylic acids is 1. The van der Waals surface area contributed by atoms with Crippen LogP contribution in [0.3, 0.4) is 0 Å². The molecule has 3 unspecified atom stereocenters.